The first-order valence-electron chi connectivity index (χ1n) is 5.78. The van der Waals surface area contributed by atoms with Gasteiger partial charge < -0.3 is 4.42 Å². The third-order valence-electron chi connectivity index (χ3n) is 3.14. The standard InChI is InChI=1S/C13H12N2OS/c14-8-9-4-3-7-12(9)17-13-15-10-5-1-2-6-11(10)16-13/h1-2,5-6,9,12H,3-4,7H2. The molecule has 1 fully saturated rings. The Morgan fingerprint density at radius 1 is 1.35 bits per heavy atom. The largest absolute Gasteiger partial charge is 0.431 e. The Bertz CT molecular complexity index is 539. The molecule has 1 aliphatic carbocycles. The zero-order chi connectivity index (χ0) is 11.7. The molecular formula is C13H12N2OS. The van der Waals surface area contributed by atoms with Gasteiger partial charge in [-0.1, -0.05) is 30.3 Å². The lowest BCUT2D eigenvalue weighted by Crippen LogP contribution is -2.07. The molecule has 4 heteroatoms. The lowest BCUT2D eigenvalue weighted by Gasteiger charge is -2.08. The maximum absolute atomic E-state index is 9.04. The number of benzene rings is 1. The van der Waals surface area contributed by atoms with Crippen LogP contribution in [0.2, 0.25) is 0 Å². The van der Waals surface area contributed by atoms with E-state index in [0.717, 1.165) is 30.4 Å². The maximum atomic E-state index is 9.04. The minimum Gasteiger partial charge on any atom is -0.431 e. The Balaban J connectivity index is 1.83. The van der Waals surface area contributed by atoms with E-state index in [4.69, 9.17) is 9.68 Å². The number of oxazole rings is 1. The van der Waals surface area contributed by atoms with Crippen molar-refractivity contribution in [2.24, 2.45) is 5.92 Å². The minimum absolute atomic E-state index is 0.148. The molecule has 1 heterocycles. The van der Waals surface area contributed by atoms with Crippen molar-refractivity contribution in [3.8, 4) is 6.07 Å². The predicted molar refractivity (Wildman–Crippen MR) is 66.6 cm³/mol. The molecule has 0 spiro atoms. The van der Waals surface area contributed by atoms with E-state index in [-0.39, 0.29) is 5.92 Å². The number of aromatic nitrogens is 1. The van der Waals surface area contributed by atoms with Crippen LogP contribution in [0, 0.1) is 17.2 Å². The highest BCUT2D eigenvalue weighted by molar-refractivity contribution is 7.99. The van der Waals surface area contributed by atoms with Gasteiger partial charge in [-0.3, -0.25) is 0 Å². The van der Waals surface area contributed by atoms with Crippen LogP contribution in [0.15, 0.2) is 33.9 Å². The zero-order valence-electron chi connectivity index (χ0n) is 9.30. The molecule has 0 amide bonds. The van der Waals surface area contributed by atoms with Crippen molar-refractivity contribution < 1.29 is 4.42 Å². The molecule has 86 valence electrons. The summed E-state index contributed by atoms with van der Waals surface area (Å²) in [6, 6.07) is 10.1. The molecule has 0 N–H and O–H groups in total. The molecule has 1 aromatic carbocycles. The molecule has 2 atom stereocenters. The van der Waals surface area contributed by atoms with Gasteiger partial charge in [0, 0.05) is 5.25 Å². The van der Waals surface area contributed by atoms with Crippen LogP contribution in [0.25, 0.3) is 11.1 Å². The number of fused-ring (bicyclic) bond motifs is 1. The highest BCUT2D eigenvalue weighted by atomic mass is 32.2. The molecule has 0 aliphatic heterocycles. The van der Waals surface area contributed by atoms with Gasteiger partial charge in [-0.05, 0) is 25.0 Å². The molecule has 0 bridgehead atoms. The molecule has 0 radical (unpaired) electrons. The molecule has 2 aromatic rings. The Kier molecular flexibility index (Phi) is 2.77. The smallest absolute Gasteiger partial charge is 0.257 e. The third-order valence-corrected chi connectivity index (χ3v) is 4.39. The first-order chi connectivity index (χ1) is 8.36. The number of nitriles is 1. The van der Waals surface area contributed by atoms with Crippen LogP contribution in [0.4, 0.5) is 0 Å². The number of rotatable bonds is 2. The molecule has 1 aromatic heterocycles. The summed E-state index contributed by atoms with van der Waals surface area (Å²) in [4.78, 5) is 4.43. The zero-order valence-corrected chi connectivity index (χ0v) is 10.1. The number of thioether (sulfide) groups is 1. The quantitative estimate of drug-likeness (QED) is 0.809. The maximum Gasteiger partial charge on any atom is 0.257 e. The van der Waals surface area contributed by atoms with E-state index in [1.54, 1.807) is 11.8 Å². The van der Waals surface area contributed by atoms with Gasteiger partial charge in [0.05, 0.1) is 12.0 Å². The van der Waals surface area contributed by atoms with E-state index in [1.165, 1.54) is 0 Å². The Morgan fingerprint density at radius 2 is 2.24 bits per heavy atom. The van der Waals surface area contributed by atoms with Crippen molar-refractivity contribution in [2.45, 2.75) is 29.7 Å². The van der Waals surface area contributed by atoms with Crippen molar-refractivity contribution in [1.29, 1.82) is 5.26 Å². The fourth-order valence-electron chi connectivity index (χ4n) is 2.25. The normalized spacial score (nSPS) is 23.9. The van der Waals surface area contributed by atoms with Gasteiger partial charge in [-0.2, -0.15) is 5.26 Å². The van der Waals surface area contributed by atoms with Gasteiger partial charge in [-0.25, -0.2) is 4.98 Å². The van der Waals surface area contributed by atoms with Crippen LogP contribution in [-0.4, -0.2) is 10.2 Å². The average molecular weight is 244 g/mol. The van der Waals surface area contributed by atoms with Gasteiger partial charge in [0.15, 0.2) is 5.58 Å². The molecular weight excluding hydrogens is 232 g/mol. The predicted octanol–water partition coefficient (Wildman–Crippen LogP) is 3.61. The lowest BCUT2D eigenvalue weighted by atomic mass is 10.1. The summed E-state index contributed by atoms with van der Waals surface area (Å²) < 4.78 is 5.67. The van der Waals surface area contributed by atoms with Crippen LogP contribution < -0.4 is 0 Å². The summed E-state index contributed by atoms with van der Waals surface area (Å²) in [5.74, 6) is 0.148. The summed E-state index contributed by atoms with van der Waals surface area (Å²) >= 11 is 1.61. The highest BCUT2D eigenvalue weighted by Gasteiger charge is 2.29. The van der Waals surface area contributed by atoms with Gasteiger partial charge >= 0.3 is 0 Å². The van der Waals surface area contributed by atoms with Crippen LogP contribution in [0.1, 0.15) is 19.3 Å². The van der Waals surface area contributed by atoms with Crippen molar-refractivity contribution in [1.82, 2.24) is 4.98 Å². The fraction of sp³-hybridized carbons (Fsp3) is 0.385. The second-order valence-corrected chi connectivity index (χ2v) is 5.46. The summed E-state index contributed by atoms with van der Waals surface area (Å²) in [6.07, 6.45) is 3.23. The van der Waals surface area contributed by atoms with Crippen LogP contribution >= 0.6 is 11.8 Å². The van der Waals surface area contributed by atoms with Crippen molar-refractivity contribution in [3.63, 3.8) is 0 Å². The topological polar surface area (TPSA) is 49.8 Å². The van der Waals surface area contributed by atoms with E-state index in [9.17, 15) is 0 Å². The molecule has 3 rings (SSSR count). The van der Waals surface area contributed by atoms with Crippen LogP contribution in [-0.2, 0) is 0 Å². The molecule has 17 heavy (non-hydrogen) atoms. The molecule has 0 saturated heterocycles. The summed E-state index contributed by atoms with van der Waals surface area (Å²) in [7, 11) is 0. The minimum atomic E-state index is 0.148. The van der Waals surface area contributed by atoms with Gasteiger partial charge in [0.2, 0.25) is 0 Å². The summed E-state index contributed by atoms with van der Waals surface area (Å²) in [6.45, 7) is 0. The number of hydrogen-bond acceptors (Lipinski definition) is 4. The van der Waals surface area contributed by atoms with E-state index in [1.807, 2.05) is 24.3 Å². The number of para-hydroxylation sites is 2. The molecule has 3 nitrogen and oxygen atoms in total. The van der Waals surface area contributed by atoms with E-state index in [0.29, 0.717) is 10.5 Å². The van der Waals surface area contributed by atoms with Crippen molar-refractivity contribution in [2.75, 3.05) is 0 Å². The fourth-order valence-corrected chi connectivity index (χ4v) is 3.44. The first kappa shape index (κ1) is 10.7. The van der Waals surface area contributed by atoms with Gasteiger partial charge in [-0.15, -0.1) is 0 Å². The second-order valence-electron chi connectivity index (χ2n) is 4.27. The Hall–Kier alpha value is -1.47. The van der Waals surface area contributed by atoms with Crippen molar-refractivity contribution in [3.05, 3.63) is 24.3 Å². The van der Waals surface area contributed by atoms with Crippen LogP contribution in [0.3, 0.4) is 0 Å². The third kappa shape index (κ3) is 2.03. The lowest BCUT2D eigenvalue weighted by molar-refractivity contribution is 0.487. The average Bonchev–Trinajstić information content (AvgIpc) is 2.94. The Labute approximate surface area is 104 Å². The van der Waals surface area contributed by atoms with Crippen LogP contribution in [0.5, 0.6) is 0 Å². The summed E-state index contributed by atoms with van der Waals surface area (Å²) in [5, 5.41) is 10.1. The monoisotopic (exact) mass is 244 g/mol. The van der Waals surface area contributed by atoms with Gasteiger partial charge in [0.1, 0.15) is 5.52 Å². The number of hydrogen-bond donors (Lipinski definition) is 0. The van der Waals surface area contributed by atoms with E-state index >= 15 is 0 Å². The first-order valence-corrected chi connectivity index (χ1v) is 6.66. The van der Waals surface area contributed by atoms with Crippen molar-refractivity contribution >= 4 is 22.9 Å². The van der Waals surface area contributed by atoms with Gasteiger partial charge in [0.25, 0.3) is 5.22 Å². The van der Waals surface area contributed by atoms with E-state index in [2.05, 4.69) is 11.1 Å². The SMILES string of the molecule is N#CC1CCCC1Sc1nc2ccccc2o1. The molecule has 1 aliphatic rings. The highest BCUT2D eigenvalue weighted by Crippen LogP contribution is 2.39. The second kappa shape index (κ2) is 4.42. The molecule has 2 unspecified atom stereocenters. The number of nitrogens with zero attached hydrogens (tertiary/aromatic N) is 2. The molecule has 1 saturated carbocycles. The van der Waals surface area contributed by atoms with E-state index < -0.39 is 0 Å². The Morgan fingerprint density at radius 3 is 3.06 bits per heavy atom. The summed E-state index contributed by atoms with van der Waals surface area (Å²) in [5.41, 5.74) is 1.71.